The topological polar surface area (TPSA) is 69.7 Å². The molecule has 0 saturated heterocycles. The van der Waals surface area contributed by atoms with Crippen molar-refractivity contribution in [1.82, 2.24) is 4.98 Å². The van der Waals surface area contributed by atoms with Crippen LogP contribution in [0.4, 0.5) is 5.69 Å². The lowest BCUT2D eigenvalue weighted by molar-refractivity contribution is 0.0601. The number of ether oxygens (including phenoxy) is 3. The summed E-state index contributed by atoms with van der Waals surface area (Å²) in [6.07, 6.45) is 1.42. The van der Waals surface area contributed by atoms with Crippen molar-refractivity contribution in [2.75, 3.05) is 33.7 Å². The maximum Gasteiger partial charge on any atom is 0.341 e. The van der Waals surface area contributed by atoms with Crippen LogP contribution in [0.2, 0.25) is 5.02 Å². The van der Waals surface area contributed by atoms with E-state index < -0.39 is 5.97 Å². The van der Waals surface area contributed by atoms with Gasteiger partial charge in [-0.2, -0.15) is 0 Å². The van der Waals surface area contributed by atoms with Gasteiger partial charge in [-0.05, 0) is 0 Å². The Morgan fingerprint density at radius 3 is 2.43 bits per heavy atom. The summed E-state index contributed by atoms with van der Waals surface area (Å²) in [5.41, 5.74) is 1.32. The molecule has 0 unspecified atom stereocenters. The summed E-state index contributed by atoms with van der Waals surface area (Å²) >= 11 is 6.36. The van der Waals surface area contributed by atoms with Gasteiger partial charge >= 0.3 is 5.97 Å². The molecule has 1 heterocycles. The zero-order chi connectivity index (χ0) is 15.6. The van der Waals surface area contributed by atoms with Crippen molar-refractivity contribution in [3.05, 3.63) is 22.8 Å². The van der Waals surface area contributed by atoms with Gasteiger partial charge in [0.2, 0.25) is 0 Å². The smallest absolute Gasteiger partial charge is 0.341 e. The number of methoxy groups -OCH3 is 3. The summed E-state index contributed by atoms with van der Waals surface area (Å²) in [5, 5.41) is 3.84. The average molecular weight is 311 g/mol. The first-order valence-electron chi connectivity index (χ1n) is 6.08. The number of aromatic nitrogens is 1. The van der Waals surface area contributed by atoms with Crippen LogP contribution in [-0.2, 0) is 4.74 Å². The van der Waals surface area contributed by atoms with E-state index in [4.69, 9.17) is 25.8 Å². The average Bonchev–Trinajstić information content (AvgIpc) is 2.53. The predicted molar refractivity (Wildman–Crippen MR) is 80.7 cm³/mol. The molecule has 2 rings (SSSR count). The minimum atomic E-state index is -0.508. The fraction of sp³-hybridized carbons (Fsp3) is 0.286. The molecule has 112 valence electrons. The van der Waals surface area contributed by atoms with Gasteiger partial charge in [0, 0.05) is 19.3 Å². The van der Waals surface area contributed by atoms with Crippen LogP contribution < -0.4 is 14.8 Å². The van der Waals surface area contributed by atoms with Crippen LogP contribution in [0, 0.1) is 0 Å². The third-order valence-electron chi connectivity index (χ3n) is 3.11. The van der Waals surface area contributed by atoms with Gasteiger partial charge in [0.25, 0.3) is 0 Å². The van der Waals surface area contributed by atoms with Gasteiger partial charge in [-0.1, -0.05) is 11.6 Å². The number of rotatable bonds is 4. The molecule has 7 heteroatoms. The Balaban J connectivity index is 2.93. The highest BCUT2D eigenvalue weighted by molar-refractivity contribution is 6.38. The first-order chi connectivity index (χ1) is 10.1. The van der Waals surface area contributed by atoms with E-state index in [-0.39, 0.29) is 5.56 Å². The molecule has 6 nitrogen and oxygen atoms in total. The Morgan fingerprint density at radius 2 is 1.90 bits per heavy atom. The molecule has 1 N–H and O–H groups in total. The molecule has 21 heavy (non-hydrogen) atoms. The zero-order valence-electron chi connectivity index (χ0n) is 12.1. The van der Waals surface area contributed by atoms with Crippen molar-refractivity contribution in [1.29, 1.82) is 0 Å². The lowest BCUT2D eigenvalue weighted by atomic mass is 10.1. The van der Waals surface area contributed by atoms with E-state index in [1.807, 2.05) is 0 Å². The number of hydrogen-bond donors (Lipinski definition) is 1. The fourth-order valence-electron chi connectivity index (χ4n) is 2.11. The molecule has 0 atom stereocenters. The monoisotopic (exact) mass is 310 g/mol. The Labute approximate surface area is 127 Å². The highest BCUT2D eigenvalue weighted by atomic mass is 35.5. The molecule has 0 bridgehead atoms. The molecule has 0 amide bonds. The number of benzene rings is 1. The zero-order valence-corrected chi connectivity index (χ0v) is 12.9. The van der Waals surface area contributed by atoms with E-state index in [1.165, 1.54) is 27.5 Å². The summed E-state index contributed by atoms with van der Waals surface area (Å²) in [6, 6.07) is 1.65. The SMILES string of the molecule is CNc1c(C(=O)OC)cnc2c(OC)cc(OC)c(Cl)c12. The quantitative estimate of drug-likeness (QED) is 0.876. The van der Waals surface area contributed by atoms with E-state index in [0.29, 0.717) is 33.1 Å². The molecule has 1 aromatic heterocycles. The van der Waals surface area contributed by atoms with Gasteiger partial charge in [-0.3, -0.25) is 4.98 Å². The normalized spacial score (nSPS) is 10.3. The minimum absolute atomic E-state index is 0.282. The van der Waals surface area contributed by atoms with Crippen LogP contribution in [-0.4, -0.2) is 39.3 Å². The van der Waals surface area contributed by atoms with Crippen LogP contribution >= 0.6 is 11.6 Å². The van der Waals surface area contributed by atoms with Crippen molar-refractivity contribution in [3.8, 4) is 11.5 Å². The van der Waals surface area contributed by atoms with Crippen LogP contribution in [0.15, 0.2) is 12.3 Å². The second-order valence-corrected chi connectivity index (χ2v) is 4.49. The summed E-state index contributed by atoms with van der Waals surface area (Å²) in [4.78, 5) is 16.1. The number of nitrogens with one attached hydrogen (secondary N) is 1. The standard InChI is InChI=1S/C14H15ClN2O4/c1-16-12-7(14(18)21-4)6-17-13-9(20-3)5-8(19-2)11(15)10(12)13/h5-6H,1-4H3,(H,16,17). The number of anilines is 1. The summed E-state index contributed by atoms with van der Waals surface area (Å²) < 4.78 is 15.3. The maximum atomic E-state index is 11.8. The van der Waals surface area contributed by atoms with Gasteiger partial charge in [-0.25, -0.2) is 4.79 Å². The second-order valence-electron chi connectivity index (χ2n) is 4.11. The Hall–Kier alpha value is -2.21. The van der Waals surface area contributed by atoms with E-state index in [1.54, 1.807) is 13.1 Å². The van der Waals surface area contributed by atoms with Gasteiger partial charge in [0.05, 0.1) is 37.4 Å². The first kappa shape index (κ1) is 15.2. The Morgan fingerprint density at radius 1 is 1.24 bits per heavy atom. The van der Waals surface area contributed by atoms with Crippen molar-refractivity contribution < 1.29 is 19.0 Å². The van der Waals surface area contributed by atoms with E-state index in [9.17, 15) is 4.79 Å². The number of halogens is 1. The molecule has 0 spiro atoms. The third-order valence-corrected chi connectivity index (χ3v) is 3.48. The van der Waals surface area contributed by atoms with Gasteiger partial charge < -0.3 is 19.5 Å². The summed E-state index contributed by atoms with van der Waals surface area (Å²) in [6.45, 7) is 0. The van der Waals surface area contributed by atoms with Crippen LogP contribution in [0.25, 0.3) is 10.9 Å². The second kappa shape index (κ2) is 6.05. The van der Waals surface area contributed by atoms with Crippen LogP contribution in [0.1, 0.15) is 10.4 Å². The molecule has 0 saturated carbocycles. The Bertz CT molecular complexity index is 703. The fourth-order valence-corrected chi connectivity index (χ4v) is 2.43. The maximum absolute atomic E-state index is 11.8. The first-order valence-corrected chi connectivity index (χ1v) is 6.46. The molecule has 0 fully saturated rings. The van der Waals surface area contributed by atoms with E-state index >= 15 is 0 Å². The largest absolute Gasteiger partial charge is 0.495 e. The molecule has 1 aromatic carbocycles. The predicted octanol–water partition coefficient (Wildman–Crippen LogP) is 2.73. The molecule has 0 radical (unpaired) electrons. The van der Waals surface area contributed by atoms with E-state index in [2.05, 4.69) is 10.3 Å². The number of carbonyl (C=O) groups excluding carboxylic acids is 1. The van der Waals surface area contributed by atoms with Crippen molar-refractivity contribution in [2.24, 2.45) is 0 Å². The number of hydrogen-bond acceptors (Lipinski definition) is 6. The van der Waals surface area contributed by atoms with Crippen LogP contribution in [0.3, 0.4) is 0 Å². The van der Waals surface area contributed by atoms with Gasteiger partial charge in [0.15, 0.2) is 0 Å². The minimum Gasteiger partial charge on any atom is -0.495 e. The van der Waals surface area contributed by atoms with Crippen molar-refractivity contribution in [2.45, 2.75) is 0 Å². The lowest BCUT2D eigenvalue weighted by Gasteiger charge is -2.15. The number of carbonyl (C=O) groups is 1. The third kappa shape index (κ3) is 2.42. The molecule has 0 aliphatic carbocycles. The molecular formula is C14H15ClN2O4. The number of esters is 1. The molecule has 2 aromatic rings. The number of pyridine rings is 1. The van der Waals surface area contributed by atoms with Crippen molar-refractivity contribution >= 4 is 34.2 Å². The van der Waals surface area contributed by atoms with Gasteiger partial charge in [-0.15, -0.1) is 0 Å². The lowest BCUT2D eigenvalue weighted by Crippen LogP contribution is -2.08. The molecular weight excluding hydrogens is 296 g/mol. The number of fused-ring (bicyclic) bond motifs is 1. The highest BCUT2D eigenvalue weighted by Crippen LogP contribution is 2.42. The Kier molecular flexibility index (Phi) is 4.37. The molecule has 0 aliphatic heterocycles. The van der Waals surface area contributed by atoms with Crippen LogP contribution in [0.5, 0.6) is 11.5 Å². The summed E-state index contributed by atoms with van der Waals surface area (Å²) in [7, 11) is 6.02. The number of nitrogens with zero attached hydrogens (tertiary/aromatic N) is 1. The van der Waals surface area contributed by atoms with Crippen molar-refractivity contribution in [3.63, 3.8) is 0 Å². The van der Waals surface area contributed by atoms with E-state index in [0.717, 1.165) is 0 Å². The highest BCUT2D eigenvalue weighted by Gasteiger charge is 2.21. The van der Waals surface area contributed by atoms with Gasteiger partial charge in [0.1, 0.15) is 22.6 Å². The summed E-state index contributed by atoms with van der Waals surface area (Å²) in [5.74, 6) is 0.423. The molecule has 0 aliphatic rings.